The van der Waals surface area contributed by atoms with Crippen LogP contribution in [0.3, 0.4) is 0 Å². The molecule has 6 heteroatoms. The number of esters is 1. The molecule has 0 radical (unpaired) electrons. The second kappa shape index (κ2) is 8.84. The first kappa shape index (κ1) is 20.5. The van der Waals surface area contributed by atoms with E-state index in [0.717, 1.165) is 16.7 Å². The van der Waals surface area contributed by atoms with Crippen LogP contribution in [-0.4, -0.2) is 19.0 Å². The van der Waals surface area contributed by atoms with Crippen LogP contribution in [0.15, 0.2) is 53.9 Å². The zero-order chi connectivity index (χ0) is 21.0. The largest absolute Gasteiger partial charge is 0.465 e. The van der Waals surface area contributed by atoms with Gasteiger partial charge in [-0.25, -0.2) is 9.18 Å². The van der Waals surface area contributed by atoms with Crippen LogP contribution in [0.2, 0.25) is 0 Å². The minimum Gasteiger partial charge on any atom is -0.465 e. The summed E-state index contributed by atoms with van der Waals surface area (Å²) in [4.78, 5) is 24.8. The van der Waals surface area contributed by atoms with Gasteiger partial charge in [0.05, 0.1) is 7.11 Å². The fraction of sp³-hybridized carbons (Fsp3) is 0.130. The van der Waals surface area contributed by atoms with Gasteiger partial charge in [0.2, 0.25) is 5.91 Å². The lowest BCUT2D eigenvalue weighted by molar-refractivity contribution is -0.111. The van der Waals surface area contributed by atoms with E-state index in [4.69, 9.17) is 4.74 Å². The quantitative estimate of drug-likeness (QED) is 0.440. The molecule has 0 bridgehead atoms. The second-order valence-electron chi connectivity index (χ2n) is 6.54. The van der Waals surface area contributed by atoms with Gasteiger partial charge in [-0.2, -0.15) is 0 Å². The molecule has 0 saturated heterocycles. The number of carbonyl (C=O) groups is 2. The molecule has 29 heavy (non-hydrogen) atoms. The maximum Gasteiger partial charge on any atom is 0.341 e. The molecule has 0 atom stereocenters. The average Bonchev–Trinajstić information content (AvgIpc) is 3.11. The van der Waals surface area contributed by atoms with Crippen LogP contribution >= 0.6 is 11.3 Å². The van der Waals surface area contributed by atoms with Crippen molar-refractivity contribution >= 4 is 34.3 Å². The van der Waals surface area contributed by atoms with E-state index in [1.807, 2.05) is 37.4 Å². The predicted octanol–water partition coefficient (Wildman–Crippen LogP) is 5.61. The highest BCUT2D eigenvalue weighted by Crippen LogP contribution is 2.38. The molecule has 4 nitrogen and oxygen atoms in total. The summed E-state index contributed by atoms with van der Waals surface area (Å²) in [5.41, 5.74) is 4.60. The Balaban J connectivity index is 1.91. The first-order valence-electron chi connectivity index (χ1n) is 8.91. The van der Waals surface area contributed by atoms with Gasteiger partial charge in [0.15, 0.2) is 0 Å². The predicted molar refractivity (Wildman–Crippen MR) is 115 cm³/mol. The van der Waals surface area contributed by atoms with Crippen molar-refractivity contribution < 1.29 is 18.7 Å². The van der Waals surface area contributed by atoms with Crippen LogP contribution in [0.4, 0.5) is 9.39 Å². The van der Waals surface area contributed by atoms with E-state index in [0.29, 0.717) is 21.7 Å². The number of thiophene rings is 1. The summed E-state index contributed by atoms with van der Waals surface area (Å²) in [5, 5.41) is 4.97. The third kappa shape index (κ3) is 4.78. The van der Waals surface area contributed by atoms with Crippen LogP contribution in [0.5, 0.6) is 0 Å². The fourth-order valence-electron chi connectivity index (χ4n) is 2.91. The maximum absolute atomic E-state index is 13.3. The molecule has 1 heterocycles. The Labute approximate surface area is 172 Å². The minimum atomic E-state index is -0.522. The van der Waals surface area contributed by atoms with Crippen LogP contribution in [0.1, 0.15) is 27.0 Å². The standard InChI is InChI=1S/C23H20FNO3S/c1-14-7-8-15(2)18(11-14)19-13-29-22(21(19)23(27)28-3)25-20(26)10-9-16-5-4-6-17(24)12-16/h4-13H,1-3H3,(H,25,26)/b10-9+. The molecule has 3 rings (SSSR count). The van der Waals surface area contributed by atoms with Crippen LogP contribution in [0.25, 0.3) is 17.2 Å². The third-order valence-electron chi connectivity index (χ3n) is 4.38. The molecule has 0 aliphatic rings. The number of nitrogens with one attached hydrogen (secondary N) is 1. The number of amides is 1. The summed E-state index contributed by atoms with van der Waals surface area (Å²) in [6, 6.07) is 11.9. The number of hydrogen-bond acceptors (Lipinski definition) is 4. The van der Waals surface area contributed by atoms with Crippen molar-refractivity contribution in [3.8, 4) is 11.1 Å². The summed E-state index contributed by atoms with van der Waals surface area (Å²) in [6.45, 7) is 3.94. The Kier molecular flexibility index (Phi) is 6.24. The Bertz CT molecular complexity index is 1100. The molecule has 0 spiro atoms. The van der Waals surface area contributed by atoms with Crippen LogP contribution < -0.4 is 5.32 Å². The monoisotopic (exact) mass is 409 g/mol. The molecule has 0 aliphatic heterocycles. The number of carbonyl (C=O) groups excluding carboxylic acids is 2. The van der Waals surface area contributed by atoms with E-state index in [1.165, 1.54) is 42.7 Å². The second-order valence-corrected chi connectivity index (χ2v) is 7.42. The Morgan fingerprint density at radius 1 is 1.10 bits per heavy atom. The number of aryl methyl sites for hydroxylation is 2. The van der Waals surface area contributed by atoms with Gasteiger partial charge in [-0.3, -0.25) is 4.79 Å². The van der Waals surface area contributed by atoms with Crippen molar-refractivity contribution in [3.05, 3.63) is 82.0 Å². The van der Waals surface area contributed by atoms with E-state index in [-0.39, 0.29) is 5.82 Å². The smallest absolute Gasteiger partial charge is 0.341 e. The van der Waals surface area contributed by atoms with Crippen LogP contribution in [-0.2, 0) is 9.53 Å². The lowest BCUT2D eigenvalue weighted by Gasteiger charge is -2.09. The Morgan fingerprint density at radius 3 is 2.62 bits per heavy atom. The number of methoxy groups -OCH3 is 1. The van der Waals surface area contributed by atoms with Gasteiger partial charge < -0.3 is 10.1 Å². The molecular formula is C23H20FNO3S. The van der Waals surface area contributed by atoms with Crippen molar-refractivity contribution in [1.82, 2.24) is 0 Å². The molecule has 1 amide bonds. The van der Waals surface area contributed by atoms with E-state index in [9.17, 15) is 14.0 Å². The SMILES string of the molecule is COC(=O)c1c(-c2cc(C)ccc2C)csc1NC(=O)/C=C/c1cccc(F)c1. The normalized spacial score (nSPS) is 10.9. The van der Waals surface area contributed by atoms with Crippen molar-refractivity contribution in [2.75, 3.05) is 12.4 Å². The molecule has 1 N–H and O–H groups in total. The van der Waals surface area contributed by atoms with Gasteiger partial charge in [-0.1, -0.05) is 35.9 Å². The van der Waals surface area contributed by atoms with Gasteiger partial charge in [-0.15, -0.1) is 11.3 Å². The first-order chi connectivity index (χ1) is 13.9. The number of anilines is 1. The highest BCUT2D eigenvalue weighted by atomic mass is 32.1. The molecule has 0 unspecified atom stereocenters. The zero-order valence-electron chi connectivity index (χ0n) is 16.3. The van der Waals surface area contributed by atoms with E-state index < -0.39 is 11.9 Å². The third-order valence-corrected chi connectivity index (χ3v) is 5.27. The Hall–Kier alpha value is -3.25. The highest BCUT2D eigenvalue weighted by Gasteiger charge is 2.22. The maximum atomic E-state index is 13.3. The average molecular weight is 409 g/mol. The van der Waals surface area contributed by atoms with Crippen molar-refractivity contribution in [2.45, 2.75) is 13.8 Å². The van der Waals surface area contributed by atoms with E-state index >= 15 is 0 Å². The number of rotatable bonds is 5. The van der Waals surface area contributed by atoms with Gasteiger partial charge >= 0.3 is 5.97 Å². The minimum absolute atomic E-state index is 0.318. The number of halogens is 1. The molecule has 3 aromatic rings. The van der Waals surface area contributed by atoms with Gasteiger partial charge in [0, 0.05) is 17.0 Å². The summed E-state index contributed by atoms with van der Waals surface area (Å²) < 4.78 is 18.2. The molecule has 1 aromatic heterocycles. The molecule has 0 fully saturated rings. The lowest BCUT2D eigenvalue weighted by atomic mass is 9.97. The van der Waals surface area contributed by atoms with Crippen molar-refractivity contribution in [1.29, 1.82) is 0 Å². The van der Waals surface area contributed by atoms with Crippen molar-refractivity contribution in [3.63, 3.8) is 0 Å². The lowest BCUT2D eigenvalue weighted by Crippen LogP contribution is -2.11. The molecule has 0 saturated carbocycles. The van der Waals surface area contributed by atoms with Crippen molar-refractivity contribution in [2.24, 2.45) is 0 Å². The molecule has 2 aromatic carbocycles. The van der Waals surface area contributed by atoms with Gasteiger partial charge in [-0.05, 0) is 48.7 Å². The van der Waals surface area contributed by atoms with Gasteiger partial charge in [0.1, 0.15) is 16.4 Å². The number of benzene rings is 2. The van der Waals surface area contributed by atoms with E-state index in [1.54, 1.807) is 12.1 Å². The van der Waals surface area contributed by atoms with Gasteiger partial charge in [0.25, 0.3) is 0 Å². The summed E-state index contributed by atoms with van der Waals surface area (Å²) in [7, 11) is 1.31. The molecule has 148 valence electrons. The topological polar surface area (TPSA) is 55.4 Å². The Morgan fingerprint density at radius 2 is 1.90 bits per heavy atom. The van der Waals surface area contributed by atoms with Crippen LogP contribution in [0, 0.1) is 19.7 Å². The number of hydrogen-bond donors (Lipinski definition) is 1. The molecule has 0 aliphatic carbocycles. The summed E-state index contributed by atoms with van der Waals surface area (Å²) in [6.07, 6.45) is 2.81. The summed E-state index contributed by atoms with van der Waals surface area (Å²) in [5.74, 6) is -1.32. The number of ether oxygens (including phenoxy) is 1. The summed E-state index contributed by atoms with van der Waals surface area (Å²) >= 11 is 1.26. The fourth-order valence-corrected chi connectivity index (χ4v) is 3.87. The zero-order valence-corrected chi connectivity index (χ0v) is 17.1. The molecular weight excluding hydrogens is 389 g/mol. The highest BCUT2D eigenvalue weighted by molar-refractivity contribution is 7.15. The van der Waals surface area contributed by atoms with E-state index in [2.05, 4.69) is 5.32 Å². The first-order valence-corrected chi connectivity index (χ1v) is 9.79.